The van der Waals surface area contributed by atoms with Gasteiger partial charge in [0.25, 0.3) is 0 Å². The second-order valence-electron chi connectivity index (χ2n) is 3.60. The fourth-order valence-corrected chi connectivity index (χ4v) is 1.77. The average molecular weight is 230 g/mol. The van der Waals surface area contributed by atoms with Crippen molar-refractivity contribution >= 4 is 17.6 Å². The lowest BCUT2D eigenvalue weighted by Crippen LogP contribution is -2.07. The van der Waals surface area contributed by atoms with Gasteiger partial charge < -0.3 is 9.67 Å². The van der Waals surface area contributed by atoms with Crippen LogP contribution in [0.25, 0.3) is 0 Å². The van der Waals surface area contributed by atoms with E-state index in [1.54, 1.807) is 10.8 Å². The Morgan fingerprint density at radius 3 is 2.80 bits per heavy atom. The zero-order chi connectivity index (χ0) is 11.3. The van der Waals surface area contributed by atoms with Gasteiger partial charge in [-0.15, -0.1) is 0 Å². The van der Waals surface area contributed by atoms with Crippen molar-refractivity contribution in [1.29, 1.82) is 0 Å². The van der Waals surface area contributed by atoms with Gasteiger partial charge in [-0.3, -0.25) is 0 Å². The van der Waals surface area contributed by atoms with Crippen LogP contribution in [0.4, 0.5) is 0 Å². The number of hydrogen-bond acceptors (Lipinski definition) is 1. The van der Waals surface area contributed by atoms with Crippen LogP contribution in [-0.4, -0.2) is 15.6 Å². The first-order valence-corrected chi connectivity index (χ1v) is 5.62. The van der Waals surface area contributed by atoms with Gasteiger partial charge in [-0.25, -0.2) is 4.79 Å². The highest BCUT2D eigenvalue weighted by Gasteiger charge is 2.10. The van der Waals surface area contributed by atoms with Gasteiger partial charge in [0.2, 0.25) is 0 Å². The van der Waals surface area contributed by atoms with E-state index >= 15 is 0 Å². The third-order valence-corrected chi connectivity index (χ3v) is 2.54. The van der Waals surface area contributed by atoms with Crippen molar-refractivity contribution < 1.29 is 9.90 Å². The Labute approximate surface area is 94.7 Å². The van der Waals surface area contributed by atoms with Crippen LogP contribution in [-0.2, 0) is 6.54 Å². The van der Waals surface area contributed by atoms with Crippen molar-refractivity contribution in [3.63, 3.8) is 0 Å². The number of carboxylic acid groups (broad SMARTS) is 1. The summed E-state index contributed by atoms with van der Waals surface area (Å²) in [6, 6.07) is 1.49. The van der Waals surface area contributed by atoms with Crippen LogP contribution in [0.5, 0.6) is 0 Å². The monoisotopic (exact) mass is 229 g/mol. The molecule has 0 saturated carbocycles. The molecule has 0 aromatic carbocycles. The molecule has 4 heteroatoms. The zero-order valence-electron chi connectivity index (χ0n) is 8.87. The van der Waals surface area contributed by atoms with Crippen molar-refractivity contribution in [3.8, 4) is 0 Å². The highest BCUT2D eigenvalue weighted by Crippen LogP contribution is 2.15. The predicted molar refractivity (Wildman–Crippen MR) is 60.5 cm³/mol. The molecule has 0 unspecified atom stereocenters. The lowest BCUT2D eigenvalue weighted by molar-refractivity contribution is 0.0685. The van der Waals surface area contributed by atoms with Gasteiger partial charge in [-0.2, -0.15) is 0 Å². The molecule has 1 N–H and O–H groups in total. The van der Waals surface area contributed by atoms with Crippen molar-refractivity contribution in [2.75, 3.05) is 0 Å². The second-order valence-corrected chi connectivity index (χ2v) is 4.04. The molecule has 0 aliphatic rings. The van der Waals surface area contributed by atoms with Crippen LogP contribution < -0.4 is 0 Å². The number of aryl methyl sites for hydroxylation is 1. The summed E-state index contributed by atoms with van der Waals surface area (Å²) in [5, 5.41) is 9.39. The summed E-state index contributed by atoms with van der Waals surface area (Å²) in [6.45, 7) is 2.88. The number of aromatic nitrogens is 1. The highest BCUT2D eigenvalue weighted by molar-refractivity contribution is 6.30. The Balaban J connectivity index is 2.55. The van der Waals surface area contributed by atoms with Crippen LogP contribution in [0.2, 0.25) is 5.02 Å². The second kappa shape index (κ2) is 5.81. The normalized spacial score (nSPS) is 10.5. The molecule has 0 spiro atoms. The summed E-state index contributed by atoms with van der Waals surface area (Å²) in [5.74, 6) is -0.919. The Morgan fingerprint density at radius 1 is 1.47 bits per heavy atom. The molecule has 84 valence electrons. The summed E-state index contributed by atoms with van der Waals surface area (Å²) < 4.78 is 1.71. The summed E-state index contributed by atoms with van der Waals surface area (Å²) >= 11 is 5.77. The molecule has 1 aromatic rings. The molecule has 0 radical (unpaired) electrons. The largest absolute Gasteiger partial charge is 0.477 e. The van der Waals surface area contributed by atoms with Crippen LogP contribution in [0.3, 0.4) is 0 Å². The van der Waals surface area contributed by atoms with Gasteiger partial charge in [0.15, 0.2) is 0 Å². The number of carboxylic acids is 1. The van der Waals surface area contributed by atoms with Crippen LogP contribution >= 0.6 is 11.6 Å². The maximum absolute atomic E-state index is 10.8. The van der Waals surface area contributed by atoms with Gasteiger partial charge in [0.1, 0.15) is 5.69 Å². The number of aromatic carboxylic acids is 1. The summed E-state index contributed by atoms with van der Waals surface area (Å²) in [4.78, 5) is 10.8. The van der Waals surface area contributed by atoms with E-state index in [0.717, 1.165) is 19.4 Å². The van der Waals surface area contributed by atoms with E-state index in [-0.39, 0.29) is 5.69 Å². The molecular weight excluding hydrogens is 214 g/mol. The number of rotatable bonds is 6. The summed E-state index contributed by atoms with van der Waals surface area (Å²) in [7, 11) is 0. The van der Waals surface area contributed by atoms with Gasteiger partial charge in [0, 0.05) is 12.7 Å². The summed E-state index contributed by atoms with van der Waals surface area (Å²) in [6.07, 6.45) is 6.18. The first-order chi connectivity index (χ1) is 7.15. The van der Waals surface area contributed by atoms with E-state index in [0.29, 0.717) is 5.02 Å². The fraction of sp³-hybridized carbons (Fsp3) is 0.545. The molecule has 0 bridgehead atoms. The third-order valence-electron chi connectivity index (χ3n) is 2.33. The lowest BCUT2D eigenvalue weighted by Gasteiger charge is -2.05. The van der Waals surface area contributed by atoms with Gasteiger partial charge in [-0.1, -0.05) is 37.8 Å². The summed E-state index contributed by atoms with van der Waals surface area (Å²) in [5.41, 5.74) is 0.275. The molecule has 1 aromatic heterocycles. The van der Waals surface area contributed by atoms with Gasteiger partial charge >= 0.3 is 5.97 Å². The molecule has 3 nitrogen and oxygen atoms in total. The maximum Gasteiger partial charge on any atom is 0.352 e. The minimum absolute atomic E-state index is 0.275. The number of nitrogens with zero attached hydrogens (tertiary/aromatic N) is 1. The molecule has 0 saturated heterocycles. The molecule has 0 amide bonds. The first-order valence-electron chi connectivity index (χ1n) is 5.24. The third kappa shape index (κ3) is 3.59. The van der Waals surface area contributed by atoms with Crippen LogP contribution in [0.15, 0.2) is 12.3 Å². The van der Waals surface area contributed by atoms with E-state index < -0.39 is 5.97 Å². The zero-order valence-corrected chi connectivity index (χ0v) is 9.63. The topological polar surface area (TPSA) is 42.2 Å². The van der Waals surface area contributed by atoms with Crippen molar-refractivity contribution in [3.05, 3.63) is 23.0 Å². The SMILES string of the molecule is CCCCCCn1cc(Cl)cc1C(=O)O. The van der Waals surface area contributed by atoms with E-state index in [2.05, 4.69) is 6.92 Å². The Hall–Kier alpha value is -0.960. The molecule has 15 heavy (non-hydrogen) atoms. The lowest BCUT2D eigenvalue weighted by atomic mass is 10.2. The molecule has 1 heterocycles. The number of unbranched alkanes of at least 4 members (excludes halogenated alkanes) is 3. The van der Waals surface area contributed by atoms with Crippen molar-refractivity contribution in [2.24, 2.45) is 0 Å². The first kappa shape index (κ1) is 12.1. The molecule has 0 atom stereocenters. The quantitative estimate of drug-likeness (QED) is 0.760. The number of hydrogen-bond donors (Lipinski definition) is 1. The Kier molecular flexibility index (Phi) is 4.69. The minimum Gasteiger partial charge on any atom is -0.477 e. The number of carbonyl (C=O) groups is 1. The molecule has 0 aliphatic carbocycles. The smallest absolute Gasteiger partial charge is 0.352 e. The van der Waals surface area contributed by atoms with Crippen molar-refractivity contribution in [1.82, 2.24) is 4.57 Å². The molecule has 0 aliphatic heterocycles. The van der Waals surface area contributed by atoms with E-state index in [9.17, 15) is 4.79 Å². The Bertz CT molecular complexity index is 333. The van der Waals surface area contributed by atoms with Crippen LogP contribution in [0.1, 0.15) is 43.1 Å². The molecule has 1 rings (SSSR count). The van der Waals surface area contributed by atoms with Gasteiger partial charge in [-0.05, 0) is 12.5 Å². The minimum atomic E-state index is -0.919. The molecule has 0 fully saturated rings. The highest BCUT2D eigenvalue weighted by atomic mass is 35.5. The van der Waals surface area contributed by atoms with Gasteiger partial charge in [0.05, 0.1) is 5.02 Å². The van der Waals surface area contributed by atoms with E-state index in [1.165, 1.54) is 18.9 Å². The van der Waals surface area contributed by atoms with E-state index in [1.807, 2.05) is 0 Å². The average Bonchev–Trinajstić information content (AvgIpc) is 2.55. The fourth-order valence-electron chi connectivity index (χ4n) is 1.55. The number of halogens is 1. The molecular formula is C11H16ClNO2. The predicted octanol–water partition coefficient (Wildman–Crippen LogP) is 3.42. The Morgan fingerprint density at radius 2 is 2.20 bits per heavy atom. The van der Waals surface area contributed by atoms with Crippen molar-refractivity contribution in [2.45, 2.75) is 39.2 Å². The van der Waals surface area contributed by atoms with E-state index in [4.69, 9.17) is 16.7 Å². The van der Waals surface area contributed by atoms with Crippen LogP contribution in [0, 0.1) is 0 Å². The maximum atomic E-state index is 10.8. The standard InChI is InChI=1S/C11H16ClNO2/c1-2-3-4-5-6-13-8-9(12)7-10(13)11(14)15/h7-8H,2-6H2,1H3,(H,14,15).